The number of aryl methyl sites for hydroxylation is 1. The minimum atomic E-state index is -0.808. The lowest BCUT2D eigenvalue weighted by atomic mass is 10.1. The second-order valence-electron chi connectivity index (χ2n) is 4.31. The van der Waals surface area contributed by atoms with Gasteiger partial charge in [-0.15, -0.1) is 0 Å². The van der Waals surface area contributed by atoms with Crippen LogP contribution < -0.4 is 9.64 Å². The molecule has 0 fully saturated rings. The Hall–Kier alpha value is -1.58. The van der Waals surface area contributed by atoms with E-state index in [-0.39, 0.29) is 5.91 Å². The van der Waals surface area contributed by atoms with E-state index >= 15 is 0 Å². The normalized spacial score (nSPS) is 18.4. The van der Waals surface area contributed by atoms with Crippen molar-refractivity contribution >= 4 is 11.7 Å². The number of likely N-dealkylation sites (N-methyl/N-ethyl adjacent to an activating group) is 1. The van der Waals surface area contributed by atoms with Gasteiger partial charge < -0.3 is 4.74 Å². The van der Waals surface area contributed by atoms with Crippen LogP contribution in [0.5, 0.6) is 5.75 Å². The van der Waals surface area contributed by atoms with Crippen molar-refractivity contribution in [2.24, 2.45) is 0 Å². The van der Waals surface area contributed by atoms with E-state index in [0.29, 0.717) is 11.6 Å². The number of rotatable bonds is 0. The predicted molar refractivity (Wildman–Crippen MR) is 57.1 cm³/mol. The minimum Gasteiger partial charge on any atom is -0.474 e. The van der Waals surface area contributed by atoms with Gasteiger partial charge in [0.1, 0.15) is 0 Å². The molecular formula is C11H14N2O2. The van der Waals surface area contributed by atoms with E-state index in [2.05, 4.69) is 4.98 Å². The fourth-order valence-corrected chi connectivity index (χ4v) is 1.68. The van der Waals surface area contributed by atoms with Crippen LogP contribution in [0.15, 0.2) is 12.3 Å². The highest BCUT2D eigenvalue weighted by atomic mass is 16.5. The minimum absolute atomic E-state index is 0.0775. The summed E-state index contributed by atoms with van der Waals surface area (Å²) in [5.41, 5.74) is 0.212. The van der Waals surface area contributed by atoms with Crippen molar-refractivity contribution in [2.45, 2.75) is 26.4 Å². The number of amides is 1. The van der Waals surface area contributed by atoms with Crippen LogP contribution in [-0.2, 0) is 4.79 Å². The van der Waals surface area contributed by atoms with Crippen molar-refractivity contribution in [2.75, 3.05) is 11.9 Å². The maximum Gasteiger partial charge on any atom is 0.271 e. The van der Waals surface area contributed by atoms with E-state index in [1.54, 1.807) is 27.1 Å². The maximum atomic E-state index is 11.9. The van der Waals surface area contributed by atoms with Gasteiger partial charge in [0.2, 0.25) is 0 Å². The Bertz CT molecular complexity index is 427. The number of nitrogens with zero attached hydrogens (tertiary/aromatic N) is 2. The molecule has 4 nitrogen and oxygen atoms in total. The first-order valence-electron chi connectivity index (χ1n) is 4.85. The fourth-order valence-electron chi connectivity index (χ4n) is 1.68. The first kappa shape index (κ1) is 9.96. The molecule has 0 unspecified atom stereocenters. The van der Waals surface area contributed by atoms with Gasteiger partial charge in [0.15, 0.2) is 17.2 Å². The Kier molecular flexibility index (Phi) is 1.96. The highest BCUT2D eigenvalue weighted by Gasteiger charge is 2.39. The molecule has 0 radical (unpaired) electrons. The number of pyridine rings is 1. The molecule has 2 heterocycles. The highest BCUT2D eigenvalue weighted by molar-refractivity contribution is 6.00. The second kappa shape index (κ2) is 2.95. The summed E-state index contributed by atoms with van der Waals surface area (Å²) in [4.78, 5) is 17.6. The molecule has 0 saturated carbocycles. The molecule has 1 aromatic heterocycles. The quantitative estimate of drug-likeness (QED) is 0.646. The Morgan fingerprint density at radius 2 is 2.13 bits per heavy atom. The van der Waals surface area contributed by atoms with Crippen LogP contribution in [0.1, 0.15) is 19.4 Å². The van der Waals surface area contributed by atoms with Gasteiger partial charge in [0.05, 0.1) is 0 Å². The standard InChI is InChI=1S/C11H14N2O2/c1-7-5-8-9(12-6-7)13(4)10(14)11(2,3)15-8/h5-6H,1-4H3. The van der Waals surface area contributed by atoms with Gasteiger partial charge >= 0.3 is 0 Å². The van der Waals surface area contributed by atoms with Crippen LogP contribution in [0, 0.1) is 6.92 Å². The average Bonchev–Trinajstić information content (AvgIpc) is 2.13. The van der Waals surface area contributed by atoms with Gasteiger partial charge in [-0.05, 0) is 32.4 Å². The molecule has 0 aromatic carbocycles. The summed E-state index contributed by atoms with van der Waals surface area (Å²) in [6, 6.07) is 1.90. The number of carbonyl (C=O) groups excluding carboxylic acids is 1. The number of fused-ring (bicyclic) bond motifs is 1. The van der Waals surface area contributed by atoms with E-state index in [0.717, 1.165) is 5.56 Å². The van der Waals surface area contributed by atoms with E-state index in [9.17, 15) is 4.79 Å². The Morgan fingerprint density at radius 3 is 2.80 bits per heavy atom. The van der Waals surface area contributed by atoms with Crippen LogP contribution in [0.25, 0.3) is 0 Å². The number of aromatic nitrogens is 1. The monoisotopic (exact) mass is 206 g/mol. The van der Waals surface area contributed by atoms with Gasteiger partial charge in [-0.1, -0.05) is 0 Å². The molecule has 0 bridgehead atoms. The van der Waals surface area contributed by atoms with Crippen molar-refractivity contribution in [3.05, 3.63) is 17.8 Å². The molecule has 80 valence electrons. The SMILES string of the molecule is Cc1cnc2c(c1)OC(C)(C)C(=O)N2C. The first-order valence-corrected chi connectivity index (χ1v) is 4.85. The largest absolute Gasteiger partial charge is 0.474 e. The van der Waals surface area contributed by atoms with E-state index in [4.69, 9.17) is 4.74 Å². The van der Waals surface area contributed by atoms with Crippen molar-refractivity contribution in [1.82, 2.24) is 4.98 Å². The molecule has 1 aliphatic heterocycles. The lowest BCUT2D eigenvalue weighted by Gasteiger charge is -2.35. The zero-order valence-electron chi connectivity index (χ0n) is 9.37. The van der Waals surface area contributed by atoms with Gasteiger partial charge in [-0.3, -0.25) is 9.69 Å². The third kappa shape index (κ3) is 1.46. The summed E-state index contributed by atoms with van der Waals surface area (Å²) < 4.78 is 5.63. The molecule has 1 aliphatic rings. The molecule has 0 N–H and O–H groups in total. The van der Waals surface area contributed by atoms with Gasteiger partial charge in [0.25, 0.3) is 5.91 Å². The van der Waals surface area contributed by atoms with Crippen LogP contribution in [0.2, 0.25) is 0 Å². The average molecular weight is 206 g/mol. The lowest BCUT2D eigenvalue weighted by molar-refractivity contribution is -0.132. The summed E-state index contributed by atoms with van der Waals surface area (Å²) in [6.07, 6.45) is 1.73. The molecule has 4 heteroatoms. The summed E-state index contributed by atoms with van der Waals surface area (Å²) in [7, 11) is 1.72. The molecule has 1 amide bonds. The van der Waals surface area contributed by atoms with Crippen LogP contribution in [0.4, 0.5) is 5.82 Å². The molecular weight excluding hydrogens is 192 g/mol. The summed E-state index contributed by atoms with van der Waals surface area (Å²) in [5, 5.41) is 0. The third-order valence-electron chi connectivity index (χ3n) is 2.47. The van der Waals surface area contributed by atoms with Crippen molar-refractivity contribution in [3.63, 3.8) is 0 Å². The van der Waals surface area contributed by atoms with E-state index in [1.165, 1.54) is 4.90 Å². The Balaban J connectivity index is 2.55. The van der Waals surface area contributed by atoms with E-state index < -0.39 is 5.60 Å². The topological polar surface area (TPSA) is 42.4 Å². The summed E-state index contributed by atoms with van der Waals surface area (Å²) in [6.45, 7) is 5.47. The van der Waals surface area contributed by atoms with Gasteiger partial charge in [0, 0.05) is 13.2 Å². The van der Waals surface area contributed by atoms with Crippen LogP contribution >= 0.6 is 0 Å². The number of carbonyl (C=O) groups is 1. The summed E-state index contributed by atoms with van der Waals surface area (Å²) >= 11 is 0. The highest BCUT2D eigenvalue weighted by Crippen LogP contribution is 2.35. The molecule has 2 rings (SSSR count). The van der Waals surface area contributed by atoms with Gasteiger partial charge in [-0.25, -0.2) is 4.98 Å². The second-order valence-corrected chi connectivity index (χ2v) is 4.31. The zero-order chi connectivity index (χ0) is 11.2. The van der Waals surface area contributed by atoms with Crippen LogP contribution in [0.3, 0.4) is 0 Å². The van der Waals surface area contributed by atoms with E-state index in [1.807, 2.05) is 13.0 Å². The fraction of sp³-hybridized carbons (Fsp3) is 0.455. The number of ether oxygens (including phenoxy) is 1. The molecule has 0 spiro atoms. The molecule has 15 heavy (non-hydrogen) atoms. The number of hydrogen-bond acceptors (Lipinski definition) is 3. The number of hydrogen-bond donors (Lipinski definition) is 0. The third-order valence-corrected chi connectivity index (χ3v) is 2.47. The Labute approximate surface area is 88.9 Å². The maximum absolute atomic E-state index is 11.9. The lowest BCUT2D eigenvalue weighted by Crippen LogP contribution is -2.51. The van der Waals surface area contributed by atoms with Crippen molar-refractivity contribution < 1.29 is 9.53 Å². The smallest absolute Gasteiger partial charge is 0.271 e. The van der Waals surface area contributed by atoms with Gasteiger partial charge in [-0.2, -0.15) is 0 Å². The van der Waals surface area contributed by atoms with Crippen molar-refractivity contribution in [1.29, 1.82) is 0 Å². The van der Waals surface area contributed by atoms with Crippen molar-refractivity contribution in [3.8, 4) is 5.75 Å². The molecule has 0 aliphatic carbocycles. The molecule has 0 saturated heterocycles. The molecule has 0 atom stereocenters. The Morgan fingerprint density at radius 1 is 1.47 bits per heavy atom. The zero-order valence-corrected chi connectivity index (χ0v) is 9.37. The molecule has 1 aromatic rings. The predicted octanol–water partition coefficient (Wildman–Crippen LogP) is 1.52. The summed E-state index contributed by atoms with van der Waals surface area (Å²) in [5.74, 6) is 1.18. The number of anilines is 1. The van der Waals surface area contributed by atoms with Crippen LogP contribution in [-0.4, -0.2) is 23.5 Å². The first-order chi connectivity index (χ1) is 6.92.